The molecular weight excluding hydrogens is 308 g/mol. The molecule has 0 saturated carbocycles. The molecule has 2 fully saturated rings. The van der Waals surface area contributed by atoms with Crippen LogP contribution >= 0.6 is 0 Å². The summed E-state index contributed by atoms with van der Waals surface area (Å²) >= 11 is 0. The predicted octanol–water partition coefficient (Wildman–Crippen LogP) is 1.28. The number of likely N-dealkylation sites (tertiary alicyclic amines) is 1. The van der Waals surface area contributed by atoms with Gasteiger partial charge in [-0.2, -0.15) is 0 Å². The van der Waals surface area contributed by atoms with Crippen LogP contribution in [0.15, 0.2) is 6.07 Å². The quantitative estimate of drug-likeness (QED) is 0.869. The van der Waals surface area contributed by atoms with E-state index in [9.17, 15) is 4.79 Å². The van der Waals surface area contributed by atoms with Gasteiger partial charge in [0, 0.05) is 38.2 Å². The van der Waals surface area contributed by atoms with Crippen molar-refractivity contribution in [3.63, 3.8) is 0 Å². The zero-order chi connectivity index (χ0) is 16.9. The van der Waals surface area contributed by atoms with Crippen LogP contribution in [0, 0.1) is 6.92 Å². The minimum Gasteiger partial charge on any atom is -0.481 e. The molecule has 3 rings (SSSR count). The molecule has 1 aromatic rings. The number of piperidine rings is 1. The van der Waals surface area contributed by atoms with Crippen LogP contribution in [0.3, 0.4) is 0 Å². The summed E-state index contributed by atoms with van der Waals surface area (Å²) in [5, 5.41) is 8.88. The number of hydrogen-bond donors (Lipinski definition) is 1. The maximum atomic E-state index is 10.8. The van der Waals surface area contributed by atoms with Gasteiger partial charge in [-0.05, 0) is 26.3 Å². The van der Waals surface area contributed by atoms with E-state index in [1.54, 1.807) is 0 Å². The summed E-state index contributed by atoms with van der Waals surface area (Å²) in [5.41, 5.74) is 1.09. The lowest BCUT2D eigenvalue weighted by molar-refractivity contribution is -0.137. The molecule has 2 aliphatic heterocycles. The van der Waals surface area contributed by atoms with Crippen molar-refractivity contribution in [2.24, 2.45) is 0 Å². The second-order valence-corrected chi connectivity index (χ2v) is 6.58. The highest BCUT2D eigenvalue weighted by atomic mass is 16.5. The van der Waals surface area contributed by atoms with Gasteiger partial charge in [-0.1, -0.05) is 0 Å². The number of nitrogens with zero attached hydrogens (tertiary/aromatic N) is 4. The fourth-order valence-electron chi connectivity index (χ4n) is 3.49. The predicted molar refractivity (Wildman–Crippen MR) is 90.5 cm³/mol. The molecule has 1 aromatic heterocycles. The Bertz CT molecular complexity index is 575. The number of carboxylic acid groups (broad SMARTS) is 1. The van der Waals surface area contributed by atoms with Crippen molar-refractivity contribution in [2.75, 3.05) is 50.8 Å². The van der Waals surface area contributed by atoms with E-state index in [1.807, 2.05) is 6.92 Å². The van der Waals surface area contributed by atoms with E-state index >= 15 is 0 Å². The molecule has 132 valence electrons. The molecule has 0 bridgehead atoms. The van der Waals surface area contributed by atoms with Gasteiger partial charge in [-0.3, -0.25) is 4.79 Å². The molecule has 0 aliphatic carbocycles. The van der Waals surface area contributed by atoms with E-state index in [2.05, 4.69) is 25.8 Å². The molecule has 0 aromatic carbocycles. The van der Waals surface area contributed by atoms with Gasteiger partial charge in [-0.15, -0.1) is 0 Å². The third kappa shape index (κ3) is 4.42. The zero-order valence-electron chi connectivity index (χ0n) is 14.3. The van der Waals surface area contributed by atoms with Crippen LogP contribution in [0.5, 0.6) is 0 Å². The van der Waals surface area contributed by atoms with Gasteiger partial charge in [0.1, 0.15) is 11.6 Å². The monoisotopic (exact) mass is 334 g/mol. The standard InChI is InChI=1S/C17H26N4O3/c1-13-18-15(11-16(19-13)21-7-9-24-10-8-21)14-3-2-5-20(12-14)6-4-17(22)23/h11,14H,2-10,12H2,1H3,(H,22,23)/t14-/m0/s1. The van der Waals surface area contributed by atoms with E-state index < -0.39 is 5.97 Å². The normalized spacial score (nSPS) is 22.5. The van der Waals surface area contributed by atoms with Crippen molar-refractivity contribution in [1.29, 1.82) is 0 Å². The Morgan fingerprint density at radius 1 is 1.33 bits per heavy atom. The number of rotatable bonds is 5. The van der Waals surface area contributed by atoms with Crippen LogP contribution in [-0.2, 0) is 9.53 Å². The van der Waals surface area contributed by atoms with Gasteiger partial charge >= 0.3 is 5.97 Å². The highest BCUT2D eigenvalue weighted by Crippen LogP contribution is 2.28. The number of aliphatic carboxylic acids is 1. The molecule has 7 nitrogen and oxygen atoms in total. The summed E-state index contributed by atoms with van der Waals surface area (Å²) in [6.45, 7) is 7.63. The van der Waals surface area contributed by atoms with Crippen molar-refractivity contribution in [2.45, 2.75) is 32.1 Å². The summed E-state index contributed by atoms with van der Waals surface area (Å²) in [7, 11) is 0. The minimum atomic E-state index is -0.732. The van der Waals surface area contributed by atoms with Crippen LogP contribution in [0.2, 0.25) is 0 Å². The van der Waals surface area contributed by atoms with Crippen LogP contribution in [0.1, 0.15) is 36.7 Å². The first kappa shape index (κ1) is 17.1. The third-order valence-corrected chi connectivity index (χ3v) is 4.75. The number of carbonyl (C=O) groups is 1. The van der Waals surface area contributed by atoms with Crippen LogP contribution in [0.4, 0.5) is 5.82 Å². The Kier molecular flexibility index (Phi) is 5.63. The van der Waals surface area contributed by atoms with E-state index in [-0.39, 0.29) is 6.42 Å². The number of carboxylic acids is 1. The molecule has 0 amide bonds. The van der Waals surface area contributed by atoms with Crippen LogP contribution in [0.25, 0.3) is 0 Å². The molecule has 7 heteroatoms. The van der Waals surface area contributed by atoms with E-state index in [1.165, 1.54) is 0 Å². The number of morpholine rings is 1. The highest BCUT2D eigenvalue weighted by Gasteiger charge is 2.24. The molecule has 24 heavy (non-hydrogen) atoms. The van der Waals surface area contributed by atoms with E-state index in [4.69, 9.17) is 9.84 Å². The molecule has 1 atom stereocenters. The summed E-state index contributed by atoms with van der Waals surface area (Å²) in [6.07, 6.45) is 2.39. The van der Waals surface area contributed by atoms with Gasteiger partial charge in [0.05, 0.1) is 25.3 Å². The third-order valence-electron chi connectivity index (χ3n) is 4.75. The molecule has 0 radical (unpaired) electrons. The van der Waals surface area contributed by atoms with Crippen molar-refractivity contribution in [3.8, 4) is 0 Å². The molecule has 3 heterocycles. The molecule has 0 spiro atoms. The average Bonchev–Trinajstić information content (AvgIpc) is 2.60. The van der Waals surface area contributed by atoms with Crippen LogP contribution in [-0.4, -0.2) is 71.9 Å². The minimum absolute atomic E-state index is 0.203. The number of anilines is 1. The topological polar surface area (TPSA) is 78.8 Å². The molecule has 2 aliphatic rings. The smallest absolute Gasteiger partial charge is 0.304 e. The Labute approximate surface area is 142 Å². The van der Waals surface area contributed by atoms with Gasteiger partial charge in [-0.25, -0.2) is 9.97 Å². The Balaban J connectivity index is 1.70. The first-order valence-electron chi connectivity index (χ1n) is 8.74. The lowest BCUT2D eigenvalue weighted by Gasteiger charge is -2.33. The van der Waals surface area contributed by atoms with Crippen LogP contribution < -0.4 is 4.90 Å². The molecule has 0 unspecified atom stereocenters. The first-order chi connectivity index (χ1) is 11.6. The van der Waals surface area contributed by atoms with Crippen molar-refractivity contribution in [3.05, 3.63) is 17.6 Å². The average molecular weight is 334 g/mol. The van der Waals surface area contributed by atoms with Gasteiger partial charge in [0.15, 0.2) is 0 Å². The number of ether oxygens (including phenoxy) is 1. The second kappa shape index (κ2) is 7.90. The lowest BCUT2D eigenvalue weighted by atomic mass is 9.94. The maximum absolute atomic E-state index is 10.8. The second-order valence-electron chi connectivity index (χ2n) is 6.58. The van der Waals surface area contributed by atoms with Gasteiger partial charge in [0.2, 0.25) is 0 Å². The van der Waals surface area contributed by atoms with Crippen molar-refractivity contribution >= 4 is 11.8 Å². The fraction of sp³-hybridized carbons (Fsp3) is 0.706. The number of hydrogen-bond acceptors (Lipinski definition) is 6. The Morgan fingerprint density at radius 3 is 2.88 bits per heavy atom. The van der Waals surface area contributed by atoms with E-state index in [0.717, 1.165) is 69.6 Å². The molecule has 1 N–H and O–H groups in total. The largest absolute Gasteiger partial charge is 0.481 e. The van der Waals surface area contributed by atoms with E-state index in [0.29, 0.717) is 12.5 Å². The van der Waals surface area contributed by atoms with Crippen molar-refractivity contribution < 1.29 is 14.6 Å². The maximum Gasteiger partial charge on any atom is 0.304 e. The Morgan fingerprint density at radius 2 is 2.12 bits per heavy atom. The summed E-state index contributed by atoms with van der Waals surface area (Å²) in [6, 6.07) is 2.11. The zero-order valence-corrected chi connectivity index (χ0v) is 14.3. The SMILES string of the molecule is Cc1nc([C@H]2CCCN(CCC(=O)O)C2)cc(N2CCOCC2)n1. The summed E-state index contributed by atoms with van der Waals surface area (Å²) in [4.78, 5) is 24.6. The Hall–Kier alpha value is -1.73. The molecule has 2 saturated heterocycles. The van der Waals surface area contributed by atoms with Gasteiger partial charge < -0.3 is 19.6 Å². The number of aryl methyl sites for hydroxylation is 1. The van der Waals surface area contributed by atoms with Gasteiger partial charge in [0.25, 0.3) is 0 Å². The summed E-state index contributed by atoms with van der Waals surface area (Å²) in [5.74, 6) is 1.42. The first-order valence-corrected chi connectivity index (χ1v) is 8.74. The fourth-order valence-corrected chi connectivity index (χ4v) is 3.49. The number of aromatic nitrogens is 2. The molecular formula is C17H26N4O3. The van der Waals surface area contributed by atoms with Crippen molar-refractivity contribution in [1.82, 2.24) is 14.9 Å². The summed E-state index contributed by atoms with van der Waals surface area (Å²) < 4.78 is 5.42. The lowest BCUT2D eigenvalue weighted by Crippen LogP contribution is -2.38. The highest BCUT2D eigenvalue weighted by molar-refractivity contribution is 5.66.